The van der Waals surface area contributed by atoms with E-state index >= 15 is 0 Å². The van der Waals surface area contributed by atoms with Gasteiger partial charge in [0.2, 0.25) is 5.91 Å². The number of piperidine rings is 1. The van der Waals surface area contributed by atoms with E-state index in [1.54, 1.807) is 0 Å². The Labute approximate surface area is 157 Å². The SMILES string of the molecule is Cc1nc(CN2CCC(CCC(=O)Nc3ccc(F)c(Cl)c3)CC2)n[nH]1. The van der Waals surface area contributed by atoms with E-state index in [1.165, 1.54) is 18.2 Å². The molecule has 140 valence electrons. The molecule has 1 amide bonds. The van der Waals surface area contributed by atoms with Crippen LogP contribution in [0.1, 0.15) is 37.3 Å². The van der Waals surface area contributed by atoms with Crippen molar-refractivity contribution in [2.24, 2.45) is 5.92 Å². The van der Waals surface area contributed by atoms with Gasteiger partial charge in [-0.1, -0.05) is 11.6 Å². The van der Waals surface area contributed by atoms with Crippen LogP contribution in [0, 0.1) is 18.7 Å². The lowest BCUT2D eigenvalue weighted by Crippen LogP contribution is -2.33. The zero-order valence-corrected chi connectivity index (χ0v) is 15.5. The van der Waals surface area contributed by atoms with Crippen molar-refractivity contribution in [3.8, 4) is 0 Å². The van der Waals surface area contributed by atoms with Crippen molar-refractivity contribution in [3.63, 3.8) is 0 Å². The molecule has 1 saturated heterocycles. The fourth-order valence-corrected chi connectivity index (χ4v) is 3.41. The Morgan fingerprint density at radius 2 is 2.19 bits per heavy atom. The summed E-state index contributed by atoms with van der Waals surface area (Å²) >= 11 is 5.73. The normalized spacial score (nSPS) is 16.0. The molecule has 26 heavy (non-hydrogen) atoms. The fraction of sp³-hybridized carbons (Fsp3) is 0.500. The average Bonchev–Trinajstić information content (AvgIpc) is 3.02. The number of carbonyl (C=O) groups excluding carboxylic acids is 1. The summed E-state index contributed by atoms with van der Waals surface area (Å²) in [6, 6.07) is 4.20. The maximum Gasteiger partial charge on any atom is 0.224 e. The lowest BCUT2D eigenvalue weighted by Gasteiger charge is -2.31. The molecule has 0 unspecified atom stereocenters. The van der Waals surface area contributed by atoms with Crippen molar-refractivity contribution in [1.29, 1.82) is 0 Å². The minimum absolute atomic E-state index is 0.0109. The van der Waals surface area contributed by atoms with Crippen LogP contribution in [0.5, 0.6) is 0 Å². The van der Waals surface area contributed by atoms with Gasteiger partial charge in [-0.2, -0.15) is 5.10 Å². The van der Waals surface area contributed by atoms with E-state index in [9.17, 15) is 9.18 Å². The molecule has 0 spiro atoms. The minimum Gasteiger partial charge on any atom is -0.326 e. The smallest absolute Gasteiger partial charge is 0.224 e. The molecular weight excluding hydrogens is 357 g/mol. The molecule has 6 nitrogen and oxygen atoms in total. The number of likely N-dealkylation sites (tertiary alicyclic amines) is 1. The number of aromatic nitrogens is 3. The van der Waals surface area contributed by atoms with Gasteiger partial charge in [0.1, 0.15) is 11.6 Å². The molecule has 0 aliphatic carbocycles. The second-order valence-electron chi connectivity index (χ2n) is 6.77. The zero-order chi connectivity index (χ0) is 18.5. The van der Waals surface area contributed by atoms with Crippen LogP contribution >= 0.6 is 11.6 Å². The topological polar surface area (TPSA) is 73.9 Å². The summed E-state index contributed by atoms with van der Waals surface area (Å²) in [6.07, 6.45) is 3.45. The van der Waals surface area contributed by atoms with Gasteiger partial charge in [0.15, 0.2) is 5.82 Å². The molecule has 2 heterocycles. The highest BCUT2D eigenvalue weighted by atomic mass is 35.5. The van der Waals surface area contributed by atoms with Gasteiger partial charge in [-0.3, -0.25) is 14.8 Å². The Bertz CT molecular complexity index is 758. The van der Waals surface area contributed by atoms with Crippen molar-refractivity contribution in [3.05, 3.63) is 40.7 Å². The Kier molecular flexibility index (Phi) is 6.21. The van der Waals surface area contributed by atoms with Crippen LogP contribution in [-0.4, -0.2) is 39.1 Å². The summed E-state index contributed by atoms with van der Waals surface area (Å²) < 4.78 is 13.1. The number of hydrogen-bond donors (Lipinski definition) is 2. The van der Waals surface area contributed by atoms with Crippen molar-refractivity contribution in [2.45, 2.75) is 39.2 Å². The fourth-order valence-electron chi connectivity index (χ4n) is 3.23. The van der Waals surface area contributed by atoms with Crippen molar-refractivity contribution in [1.82, 2.24) is 20.1 Å². The molecular formula is C18H23ClFN5O. The summed E-state index contributed by atoms with van der Waals surface area (Å²) in [6.45, 7) is 4.65. The third kappa shape index (κ3) is 5.25. The van der Waals surface area contributed by atoms with Gasteiger partial charge in [0.05, 0.1) is 11.6 Å². The van der Waals surface area contributed by atoms with Crippen LogP contribution in [0.2, 0.25) is 5.02 Å². The summed E-state index contributed by atoms with van der Waals surface area (Å²) in [5, 5.41) is 9.82. The van der Waals surface area contributed by atoms with Crippen molar-refractivity contribution >= 4 is 23.2 Å². The number of amides is 1. The monoisotopic (exact) mass is 379 g/mol. The number of H-pyrrole nitrogens is 1. The van der Waals surface area contributed by atoms with Gasteiger partial charge in [0.25, 0.3) is 0 Å². The highest BCUT2D eigenvalue weighted by Gasteiger charge is 2.21. The molecule has 0 atom stereocenters. The molecule has 0 bridgehead atoms. The molecule has 2 aromatic rings. The average molecular weight is 380 g/mol. The zero-order valence-electron chi connectivity index (χ0n) is 14.8. The standard InChI is InChI=1S/C18H23ClFN5O/c1-12-21-17(24-23-12)11-25-8-6-13(7-9-25)2-5-18(26)22-14-3-4-16(20)15(19)10-14/h3-4,10,13H,2,5-9,11H2,1H3,(H,22,26)(H,21,23,24). The highest BCUT2D eigenvalue weighted by Crippen LogP contribution is 2.24. The molecule has 1 aliphatic rings. The van der Waals surface area contributed by atoms with E-state index < -0.39 is 5.82 Å². The lowest BCUT2D eigenvalue weighted by molar-refractivity contribution is -0.116. The largest absolute Gasteiger partial charge is 0.326 e. The van der Waals surface area contributed by atoms with Crippen LogP contribution in [0.4, 0.5) is 10.1 Å². The first-order chi connectivity index (χ1) is 12.5. The van der Waals surface area contributed by atoms with Crippen molar-refractivity contribution < 1.29 is 9.18 Å². The van der Waals surface area contributed by atoms with E-state index in [1.807, 2.05) is 6.92 Å². The summed E-state index contributed by atoms with van der Waals surface area (Å²) in [4.78, 5) is 18.8. The number of anilines is 1. The lowest BCUT2D eigenvalue weighted by atomic mass is 9.92. The number of aromatic amines is 1. The van der Waals surface area contributed by atoms with Gasteiger partial charge >= 0.3 is 0 Å². The number of nitrogens with zero attached hydrogens (tertiary/aromatic N) is 3. The number of aryl methyl sites for hydroxylation is 1. The molecule has 3 rings (SSSR count). The van der Waals surface area contributed by atoms with Gasteiger partial charge in [-0.25, -0.2) is 9.37 Å². The maximum absolute atomic E-state index is 13.1. The number of rotatable bonds is 6. The van der Waals surface area contributed by atoms with E-state index in [-0.39, 0.29) is 10.9 Å². The molecule has 2 N–H and O–H groups in total. The van der Waals surface area contributed by atoms with E-state index in [4.69, 9.17) is 11.6 Å². The Balaban J connectivity index is 1.37. The Morgan fingerprint density at radius 1 is 1.42 bits per heavy atom. The number of benzene rings is 1. The second kappa shape index (κ2) is 8.60. The van der Waals surface area contributed by atoms with E-state index in [2.05, 4.69) is 25.4 Å². The van der Waals surface area contributed by atoms with Crippen LogP contribution in [0.15, 0.2) is 18.2 Å². The number of halogens is 2. The summed E-state index contributed by atoms with van der Waals surface area (Å²) in [5.74, 6) is 1.66. The third-order valence-corrected chi connectivity index (χ3v) is 4.99. The first kappa shape index (κ1) is 18.8. The summed E-state index contributed by atoms with van der Waals surface area (Å²) in [7, 11) is 0. The van der Waals surface area contributed by atoms with Gasteiger partial charge < -0.3 is 5.32 Å². The Morgan fingerprint density at radius 3 is 2.85 bits per heavy atom. The maximum atomic E-state index is 13.1. The van der Waals surface area contributed by atoms with Crippen molar-refractivity contribution in [2.75, 3.05) is 18.4 Å². The quantitative estimate of drug-likeness (QED) is 0.805. The van der Waals surface area contributed by atoms with Crippen LogP contribution in [0.25, 0.3) is 0 Å². The predicted molar refractivity (Wildman–Crippen MR) is 98.4 cm³/mol. The van der Waals surface area contributed by atoms with Gasteiger partial charge in [-0.15, -0.1) is 0 Å². The molecule has 1 aliphatic heterocycles. The summed E-state index contributed by atoms with van der Waals surface area (Å²) in [5.41, 5.74) is 0.526. The first-order valence-corrected chi connectivity index (χ1v) is 9.22. The third-order valence-electron chi connectivity index (χ3n) is 4.70. The van der Waals surface area contributed by atoms with Gasteiger partial charge in [0, 0.05) is 12.1 Å². The predicted octanol–water partition coefficient (Wildman–Crippen LogP) is 3.54. The minimum atomic E-state index is -0.489. The van der Waals surface area contributed by atoms with Crippen LogP contribution in [0.3, 0.4) is 0 Å². The molecule has 1 aromatic carbocycles. The molecule has 0 radical (unpaired) electrons. The molecule has 0 saturated carbocycles. The van der Waals surface area contributed by atoms with E-state index in [0.717, 1.165) is 50.5 Å². The van der Waals surface area contributed by atoms with Crippen LogP contribution in [-0.2, 0) is 11.3 Å². The Hall–Kier alpha value is -1.99. The number of carbonyl (C=O) groups is 1. The number of nitrogens with one attached hydrogen (secondary N) is 2. The molecule has 1 fully saturated rings. The molecule has 1 aromatic heterocycles. The van der Waals surface area contributed by atoms with E-state index in [0.29, 0.717) is 18.0 Å². The first-order valence-electron chi connectivity index (χ1n) is 8.85. The van der Waals surface area contributed by atoms with Gasteiger partial charge in [-0.05, 0) is 63.4 Å². The van der Waals surface area contributed by atoms with Crippen LogP contribution < -0.4 is 5.32 Å². The highest BCUT2D eigenvalue weighted by molar-refractivity contribution is 6.31. The second-order valence-corrected chi connectivity index (χ2v) is 7.18. The molecule has 8 heteroatoms. The number of hydrogen-bond acceptors (Lipinski definition) is 4.